The van der Waals surface area contributed by atoms with Crippen LogP contribution in [0.1, 0.15) is 29.8 Å². The van der Waals surface area contributed by atoms with E-state index in [0.717, 1.165) is 38.5 Å². The molecule has 6 heteroatoms. The molecule has 1 aliphatic heterocycles. The molecule has 0 unspecified atom stereocenters. The van der Waals surface area contributed by atoms with Crippen molar-refractivity contribution in [3.05, 3.63) is 59.7 Å². The van der Waals surface area contributed by atoms with E-state index in [0.29, 0.717) is 11.3 Å². The molecule has 0 radical (unpaired) electrons. The van der Waals surface area contributed by atoms with Gasteiger partial charge in [0.15, 0.2) is 11.8 Å². The van der Waals surface area contributed by atoms with Gasteiger partial charge in [-0.3, -0.25) is 9.59 Å². The van der Waals surface area contributed by atoms with Crippen molar-refractivity contribution in [3.63, 3.8) is 0 Å². The lowest BCUT2D eigenvalue weighted by Crippen LogP contribution is -3.29. The highest BCUT2D eigenvalue weighted by Crippen LogP contribution is 2.12. The van der Waals surface area contributed by atoms with Crippen LogP contribution in [0.5, 0.6) is 5.75 Å². The Bertz CT molecular complexity index is 843. The van der Waals surface area contributed by atoms with Gasteiger partial charge in [-0.2, -0.15) is 0 Å². The minimum absolute atomic E-state index is 0.000642. The Labute approximate surface area is 172 Å². The number of amides is 1. The molecule has 2 aromatic rings. The number of hydrogen-bond donors (Lipinski definition) is 3. The van der Waals surface area contributed by atoms with Crippen molar-refractivity contribution < 1.29 is 24.1 Å². The van der Waals surface area contributed by atoms with Gasteiger partial charge in [0.05, 0.1) is 7.11 Å². The van der Waals surface area contributed by atoms with Gasteiger partial charge in [-0.25, -0.2) is 0 Å². The summed E-state index contributed by atoms with van der Waals surface area (Å²) in [6.45, 7) is 8.52. The second kappa shape index (κ2) is 9.67. The molecule has 0 aliphatic carbocycles. The Kier molecular flexibility index (Phi) is 7.01. The Morgan fingerprint density at radius 2 is 1.76 bits per heavy atom. The first-order chi connectivity index (χ1) is 14.0. The summed E-state index contributed by atoms with van der Waals surface area (Å²) in [5.41, 5.74) is 2.59. The van der Waals surface area contributed by atoms with Crippen LogP contribution in [0.15, 0.2) is 48.5 Å². The standard InChI is InChI=1S/C23H29N3O3/c1-17(23(28)24-21-6-4-5-20(15-21)18(2)27)26-13-11-25(12-14-26)16-19-7-9-22(29-3)10-8-19/h4-10,15,17H,11-14,16H2,1-3H3,(H,24,28)/p+2/t17-/m0/s1. The van der Waals surface area contributed by atoms with E-state index < -0.39 is 0 Å². The lowest BCUT2D eigenvalue weighted by Gasteiger charge is -2.32. The number of benzene rings is 2. The quantitative estimate of drug-likeness (QED) is 0.586. The van der Waals surface area contributed by atoms with E-state index in [2.05, 4.69) is 17.4 Å². The number of Topliss-reactive ketones (excluding diaryl/α,β-unsaturated/α-hetero) is 1. The molecule has 1 aliphatic rings. The van der Waals surface area contributed by atoms with Gasteiger partial charge in [-0.05, 0) is 50.2 Å². The average molecular weight is 398 g/mol. The van der Waals surface area contributed by atoms with Crippen LogP contribution in [0.4, 0.5) is 5.69 Å². The van der Waals surface area contributed by atoms with Gasteiger partial charge < -0.3 is 19.9 Å². The molecular weight excluding hydrogens is 366 g/mol. The Balaban J connectivity index is 1.49. The highest BCUT2D eigenvalue weighted by Gasteiger charge is 2.31. The highest BCUT2D eigenvalue weighted by molar-refractivity contribution is 5.97. The van der Waals surface area contributed by atoms with Crippen LogP contribution in [0.25, 0.3) is 0 Å². The average Bonchev–Trinajstić information content (AvgIpc) is 2.74. The summed E-state index contributed by atoms with van der Waals surface area (Å²) in [4.78, 5) is 27.1. The molecule has 29 heavy (non-hydrogen) atoms. The minimum atomic E-state index is -0.126. The summed E-state index contributed by atoms with van der Waals surface area (Å²) < 4.78 is 5.22. The first-order valence-electron chi connectivity index (χ1n) is 10.2. The lowest BCUT2D eigenvalue weighted by atomic mass is 10.1. The topological polar surface area (TPSA) is 64.3 Å². The third-order valence-corrected chi connectivity index (χ3v) is 5.75. The van der Waals surface area contributed by atoms with Crippen LogP contribution in [-0.2, 0) is 11.3 Å². The zero-order valence-electron chi connectivity index (χ0n) is 17.5. The third-order valence-electron chi connectivity index (χ3n) is 5.75. The van der Waals surface area contributed by atoms with Gasteiger partial charge in [0.1, 0.15) is 38.5 Å². The molecule has 3 rings (SSSR count). The number of methoxy groups -OCH3 is 1. The Morgan fingerprint density at radius 1 is 1.07 bits per heavy atom. The van der Waals surface area contributed by atoms with Gasteiger partial charge in [-0.1, -0.05) is 12.1 Å². The molecule has 154 valence electrons. The van der Waals surface area contributed by atoms with Crippen LogP contribution < -0.4 is 19.9 Å². The van der Waals surface area contributed by atoms with Crippen molar-refractivity contribution in [1.29, 1.82) is 0 Å². The van der Waals surface area contributed by atoms with E-state index >= 15 is 0 Å². The number of nitrogens with one attached hydrogen (secondary N) is 3. The van der Waals surface area contributed by atoms with E-state index in [1.165, 1.54) is 17.4 Å². The highest BCUT2D eigenvalue weighted by atomic mass is 16.5. The fourth-order valence-corrected chi connectivity index (χ4v) is 3.82. The Hall–Kier alpha value is -2.70. The molecule has 3 N–H and O–H groups in total. The predicted octanol–water partition coefficient (Wildman–Crippen LogP) is 0.208. The second-order valence-corrected chi connectivity index (χ2v) is 7.78. The van der Waals surface area contributed by atoms with Crippen LogP contribution in [0.3, 0.4) is 0 Å². The molecule has 0 bridgehead atoms. The van der Waals surface area contributed by atoms with E-state index in [-0.39, 0.29) is 17.7 Å². The molecule has 0 saturated carbocycles. The van der Waals surface area contributed by atoms with Crippen molar-refractivity contribution in [2.75, 3.05) is 38.6 Å². The first kappa shape index (κ1) is 21.0. The summed E-state index contributed by atoms with van der Waals surface area (Å²) >= 11 is 0. The van der Waals surface area contributed by atoms with Gasteiger partial charge in [0.2, 0.25) is 0 Å². The maximum absolute atomic E-state index is 12.7. The molecule has 1 saturated heterocycles. The minimum Gasteiger partial charge on any atom is -0.497 e. The van der Waals surface area contributed by atoms with E-state index in [4.69, 9.17) is 4.74 Å². The molecule has 6 nitrogen and oxygen atoms in total. The molecule has 1 atom stereocenters. The largest absolute Gasteiger partial charge is 0.497 e. The van der Waals surface area contributed by atoms with Gasteiger partial charge in [-0.15, -0.1) is 0 Å². The Morgan fingerprint density at radius 3 is 2.38 bits per heavy atom. The monoisotopic (exact) mass is 397 g/mol. The van der Waals surface area contributed by atoms with E-state index in [1.807, 2.05) is 25.1 Å². The van der Waals surface area contributed by atoms with Crippen molar-refractivity contribution in [2.45, 2.75) is 26.4 Å². The number of hydrogen-bond acceptors (Lipinski definition) is 3. The fraction of sp³-hybridized carbons (Fsp3) is 0.391. The summed E-state index contributed by atoms with van der Waals surface area (Å²) in [5.74, 6) is 0.877. The number of piperazine rings is 1. The summed E-state index contributed by atoms with van der Waals surface area (Å²) in [6.07, 6.45) is 0. The second-order valence-electron chi connectivity index (χ2n) is 7.78. The van der Waals surface area contributed by atoms with Crippen LogP contribution in [0, 0.1) is 0 Å². The van der Waals surface area contributed by atoms with Crippen LogP contribution in [0.2, 0.25) is 0 Å². The fourth-order valence-electron chi connectivity index (χ4n) is 3.82. The predicted molar refractivity (Wildman–Crippen MR) is 113 cm³/mol. The molecule has 1 fully saturated rings. The number of ketones is 1. The van der Waals surface area contributed by atoms with Crippen molar-refractivity contribution in [3.8, 4) is 5.75 Å². The summed E-state index contributed by atoms with van der Waals surface area (Å²) in [5, 5.41) is 2.97. The lowest BCUT2D eigenvalue weighted by molar-refractivity contribution is -1.02. The molecular formula is C23H31N3O3+2. The number of carbonyl (C=O) groups is 2. The normalized spacial score (nSPS) is 20.0. The molecule has 1 amide bonds. The smallest absolute Gasteiger partial charge is 0.282 e. The van der Waals surface area contributed by atoms with Crippen molar-refractivity contribution >= 4 is 17.4 Å². The molecule has 0 aromatic heterocycles. The molecule has 1 heterocycles. The zero-order valence-corrected chi connectivity index (χ0v) is 17.5. The van der Waals surface area contributed by atoms with E-state index in [9.17, 15) is 9.59 Å². The van der Waals surface area contributed by atoms with Crippen molar-refractivity contribution in [1.82, 2.24) is 0 Å². The van der Waals surface area contributed by atoms with Gasteiger partial charge >= 0.3 is 0 Å². The maximum Gasteiger partial charge on any atom is 0.282 e. The maximum atomic E-state index is 12.7. The molecule has 0 spiro atoms. The number of quaternary nitrogens is 2. The molecule has 2 aromatic carbocycles. The number of ether oxygens (including phenoxy) is 1. The van der Waals surface area contributed by atoms with Crippen LogP contribution >= 0.6 is 0 Å². The van der Waals surface area contributed by atoms with Gasteiger partial charge in [0, 0.05) is 16.8 Å². The van der Waals surface area contributed by atoms with Crippen LogP contribution in [-0.4, -0.2) is 51.0 Å². The number of anilines is 1. The number of rotatable bonds is 7. The van der Waals surface area contributed by atoms with Gasteiger partial charge in [0.25, 0.3) is 5.91 Å². The summed E-state index contributed by atoms with van der Waals surface area (Å²) in [7, 11) is 1.68. The first-order valence-corrected chi connectivity index (χ1v) is 10.2. The number of carbonyl (C=O) groups excluding carboxylic acids is 2. The van der Waals surface area contributed by atoms with Crippen molar-refractivity contribution in [2.24, 2.45) is 0 Å². The van der Waals surface area contributed by atoms with E-state index in [1.54, 1.807) is 30.2 Å². The zero-order chi connectivity index (χ0) is 20.8. The third kappa shape index (κ3) is 5.65. The SMILES string of the molecule is COc1ccc(C[NH+]2CC[NH+]([C@@H](C)C(=O)Nc3cccc(C(C)=O)c3)CC2)cc1. The summed E-state index contributed by atoms with van der Waals surface area (Å²) in [6, 6.07) is 15.2.